The van der Waals surface area contributed by atoms with E-state index in [2.05, 4.69) is 17.2 Å². The van der Waals surface area contributed by atoms with E-state index >= 15 is 0 Å². The molecule has 2 rings (SSSR count). The highest BCUT2D eigenvalue weighted by Gasteiger charge is 2.09. The fourth-order valence-corrected chi connectivity index (χ4v) is 2.58. The van der Waals surface area contributed by atoms with Gasteiger partial charge in [0.25, 0.3) is 5.91 Å². The average molecular weight is 303 g/mol. The van der Waals surface area contributed by atoms with Crippen molar-refractivity contribution in [3.63, 3.8) is 0 Å². The topological polar surface area (TPSA) is 49.3 Å². The van der Waals surface area contributed by atoms with Gasteiger partial charge in [0.05, 0.1) is 6.54 Å². The zero-order valence-electron chi connectivity index (χ0n) is 11.4. The number of nitrogens with one attached hydrogen (secondary N) is 1. The number of carbonyl (C=O) groups is 1. The zero-order chi connectivity index (χ0) is 15.2. The van der Waals surface area contributed by atoms with Crippen LogP contribution in [0.2, 0.25) is 0 Å². The summed E-state index contributed by atoms with van der Waals surface area (Å²) in [5.74, 6) is 4.79. The first-order chi connectivity index (χ1) is 10.1. The van der Waals surface area contributed by atoms with Crippen LogP contribution in [-0.2, 0) is 6.54 Å². The SMILES string of the molecule is Cc1cc(F)ccc1C(=O)NCc1cc(C#CCO)cs1. The Bertz CT molecular complexity index is 713. The van der Waals surface area contributed by atoms with Crippen LogP contribution in [0.5, 0.6) is 0 Å². The molecule has 5 heteroatoms. The molecule has 0 saturated carbocycles. The van der Waals surface area contributed by atoms with Crippen molar-refractivity contribution in [2.75, 3.05) is 6.61 Å². The standard InChI is InChI=1S/C16H14FNO2S/c1-11-7-13(17)4-5-15(11)16(20)18-9-14-8-12(10-21-14)3-2-6-19/h4-5,7-8,10,19H,6,9H2,1H3,(H,18,20). The maximum Gasteiger partial charge on any atom is 0.251 e. The molecule has 0 fully saturated rings. The molecule has 1 aromatic heterocycles. The van der Waals surface area contributed by atoms with E-state index in [9.17, 15) is 9.18 Å². The molecule has 1 amide bonds. The molecule has 1 heterocycles. The Morgan fingerprint density at radius 2 is 2.24 bits per heavy atom. The predicted molar refractivity (Wildman–Crippen MR) is 80.6 cm³/mol. The summed E-state index contributed by atoms with van der Waals surface area (Å²) in [5.41, 5.74) is 1.89. The average Bonchev–Trinajstić information content (AvgIpc) is 2.90. The maximum absolute atomic E-state index is 13.0. The molecule has 2 aromatic rings. The van der Waals surface area contributed by atoms with Crippen molar-refractivity contribution >= 4 is 17.2 Å². The molecule has 0 bridgehead atoms. The van der Waals surface area contributed by atoms with Gasteiger partial charge in [0.15, 0.2) is 0 Å². The van der Waals surface area contributed by atoms with Gasteiger partial charge in [0.1, 0.15) is 12.4 Å². The number of amides is 1. The molecule has 21 heavy (non-hydrogen) atoms. The van der Waals surface area contributed by atoms with Crippen LogP contribution in [-0.4, -0.2) is 17.6 Å². The van der Waals surface area contributed by atoms with E-state index in [1.54, 1.807) is 6.92 Å². The van der Waals surface area contributed by atoms with Crippen LogP contribution in [0, 0.1) is 24.6 Å². The Morgan fingerprint density at radius 3 is 2.95 bits per heavy atom. The summed E-state index contributed by atoms with van der Waals surface area (Å²) in [6.07, 6.45) is 0. The van der Waals surface area contributed by atoms with Gasteiger partial charge in [-0.25, -0.2) is 4.39 Å². The number of carbonyl (C=O) groups excluding carboxylic acids is 1. The van der Waals surface area contributed by atoms with Gasteiger partial charge in [-0.3, -0.25) is 4.79 Å². The summed E-state index contributed by atoms with van der Waals surface area (Å²) in [5, 5.41) is 13.3. The Balaban J connectivity index is 1.99. The number of rotatable bonds is 3. The smallest absolute Gasteiger partial charge is 0.251 e. The number of aliphatic hydroxyl groups is 1. The predicted octanol–water partition coefficient (Wildman–Crippen LogP) is 2.47. The second-order valence-electron chi connectivity index (χ2n) is 4.40. The molecular weight excluding hydrogens is 289 g/mol. The molecule has 3 nitrogen and oxygen atoms in total. The van der Waals surface area contributed by atoms with E-state index in [0.29, 0.717) is 17.7 Å². The molecular formula is C16H14FNO2S. The second kappa shape index (κ2) is 7.02. The summed E-state index contributed by atoms with van der Waals surface area (Å²) >= 11 is 1.48. The van der Waals surface area contributed by atoms with Crippen LogP contribution < -0.4 is 5.32 Å². The third-order valence-electron chi connectivity index (χ3n) is 2.82. The number of aryl methyl sites for hydroxylation is 1. The molecule has 0 saturated heterocycles. The Kier molecular flexibility index (Phi) is 5.09. The minimum absolute atomic E-state index is 0.175. The molecule has 0 atom stereocenters. The largest absolute Gasteiger partial charge is 0.384 e. The summed E-state index contributed by atoms with van der Waals surface area (Å²) in [4.78, 5) is 13.0. The van der Waals surface area contributed by atoms with Crippen molar-refractivity contribution in [2.24, 2.45) is 0 Å². The zero-order valence-corrected chi connectivity index (χ0v) is 12.3. The van der Waals surface area contributed by atoms with Crippen molar-refractivity contribution in [1.82, 2.24) is 5.32 Å². The van der Waals surface area contributed by atoms with Gasteiger partial charge in [-0.2, -0.15) is 0 Å². The third kappa shape index (κ3) is 4.15. The van der Waals surface area contributed by atoms with E-state index in [1.807, 2.05) is 11.4 Å². The highest BCUT2D eigenvalue weighted by atomic mass is 32.1. The second-order valence-corrected chi connectivity index (χ2v) is 5.40. The number of halogens is 1. The van der Waals surface area contributed by atoms with Gasteiger partial charge in [0, 0.05) is 21.4 Å². The molecule has 0 unspecified atom stereocenters. The van der Waals surface area contributed by atoms with Crippen molar-refractivity contribution in [1.29, 1.82) is 0 Å². The highest BCUT2D eigenvalue weighted by Crippen LogP contribution is 2.14. The van der Waals surface area contributed by atoms with E-state index in [-0.39, 0.29) is 18.3 Å². The summed E-state index contributed by atoms with van der Waals surface area (Å²) < 4.78 is 13.0. The number of benzene rings is 1. The van der Waals surface area contributed by atoms with E-state index < -0.39 is 0 Å². The molecule has 1 aromatic carbocycles. The van der Waals surface area contributed by atoms with E-state index in [0.717, 1.165) is 10.4 Å². The van der Waals surface area contributed by atoms with Crippen LogP contribution in [0.1, 0.15) is 26.4 Å². The Morgan fingerprint density at radius 1 is 1.43 bits per heavy atom. The van der Waals surface area contributed by atoms with Gasteiger partial charge in [0.2, 0.25) is 0 Å². The first-order valence-corrected chi connectivity index (χ1v) is 7.19. The lowest BCUT2D eigenvalue weighted by Crippen LogP contribution is -2.23. The van der Waals surface area contributed by atoms with Crippen molar-refractivity contribution in [3.8, 4) is 11.8 Å². The van der Waals surface area contributed by atoms with Crippen molar-refractivity contribution in [2.45, 2.75) is 13.5 Å². The number of hydrogen-bond acceptors (Lipinski definition) is 3. The molecule has 0 aliphatic heterocycles. The number of thiophene rings is 1. The number of hydrogen-bond donors (Lipinski definition) is 2. The fourth-order valence-electron chi connectivity index (χ4n) is 1.82. The van der Waals surface area contributed by atoms with Crippen LogP contribution in [0.4, 0.5) is 4.39 Å². The number of aliphatic hydroxyl groups excluding tert-OH is 1. The molecule has 0 aliphatic carbocycles. The van der Waals surface area contributed by atoms with E-state index in [4.69, 9.17) is 5.11 Å². The molecule has 0 aliphatic rings. The summed E-state index contributed by atoms with van der Waals surface area (Å²) in [6, 6.07) is 5.95. The minimum Gasteiger partial charge on any atom is -0.384 e. The monoisotopic (exact) mass is 303 g/mol. The first kappa shape index (κ1) is 15.2. The maximum atomic E-state index is 13.0. The van der Waals surface area contributed by atoms with Crippen molar-refractivity contribution in [3.05, 3.63) is 57.0 Å². The summed E-state index contributed by atoms with van der Waals surface area (Å²) in [6.45, 7) is 1.92. The molecule has 2 N–H and O–H groups in total. The van der Waals surface area contributed by atoms with Gasteiger partial charge in [-0.05, 0) is 36.8 Å². The quantitative estimate of drug-likeness (QED) is 0.856. The van der Waals surface area contributed by atoms with Crippen LogP contribution in [0.3, 0.4) is 0 Å². The lowest BCUT2D eigenvalue weighted by atomic mass is 10.1. The minimum atomic E-state index is -0.352. The van der Waals surface area contributed by atoms with Crippen molar-refractivity contribution < 1.29 is 14.3 Å². The lowest BCUT2D eigenvalue weighted by Gasteiger charge is -2.06. The van der Waals surface area contributed by atoms with Gasteiger partial charge < -0.3 is 10.4 Å². The van der Waals surface area contributed by atoms with Crippen LogP contribution >= 0.6 is 11.3 Å². The molecule has 0 radical (unpaired) electrons. The first-order valence-electron chi connectivity index (χ1n) is 6.31. The molecule has 108 valence electrons. The summed E-state index contributed by atoms with van der Waals surface area (Å²) in [7, 11) is 0. The Labute approximate surface area is 126 Å². The lowest BCUT2D eigenvalue weighted by molar-refractivity contribution is 0.0950. The normalized spacial score (nSPS) is 9.86. The van der Waals surface area contributed by atoms with Crippen LogP contribution in [0.15, 0.2) is 29.6 Å². The third-order valence-corrected chi connectivity index (χ3v) is 3.76. The van der Waals surface area contributed by atoms with Gasteiger partial charge >= 0.3 is 0 Å². The van der Waals surface area contributed by atoms with Gasteiger partial charge in [-0.1, -0.05) is 11.8 Å². The molecule has 0 spiro atoms. The highest BCUT2D eigenvalue weighted by molar-refractivity contribution is 7.10. The Hall–Kier alpha value is -2.16. The van der Waals surface area contributed by atoms with E-state index in [1.165, 1.54) is 29.5 Å². The fraction of sp³-hybridized carbons (Fsp3) is 0.188. The van der Waals surface area contributed by atoms with Crippen LogP contribution in [0.25, 0.3) is 0 Å². The van der Waals surface area contributed by atoms with Gasteiger partial charge in [-0.15, -0.1) is 11.3 Å².